The van der Waals surface area contributed by atoms with E-state index in [4.69, 9.17) is 9.15 Å². The van der Waals surface area contributed by atoms with Crippen LogP contribution in [-0.4, -0.2) is 53.0 Å². The zero-order valence-corrected chi connectivity index (χ0v) is 17.1. The molecule has 1 fully saturated rings. The van der Waals surface area contributed by atoms with Crippen molar-refractivity contribution in [3.8, 4) is 5.75 Å². The normalized spacial score (nSPS) is 16.9. The molecule has 0 radical (unpaired) electrons. The fraction of sp³-hybridized carbons (Fsp3) is 0.476. The lowest BCUT2D eigenvalue weighted by Gasteiger charge is -2.32. The minimum Gasteiger partial charge on any atom is -0.497 e. The van der Waals surface area contributed by atoms with E-state index >= 15 is 0 Å². The van der Waals surface area contributed by atoms with Gasteiger partial charge in [-0.05, 0) is 37.8 Å². The number of ether oxygens (including phenoxy) is 1. The van der Waals surface area contributed by atoms with Crippen molar-refractivity contribution in [2.24, 2.45) is 5.92 Å². The van der Waals surface area contributed by atoms with Gasteiger partial charge in [-0.3, -0.25) is 4.79 Å². The molecule has 1 unspecified atom stereocenters. The van der Waals surface area contributed by atoms with Crippen LogP contribution in [-0.2, 0) is 11.3 Å². The number of oxazole rings is 1. The van der Waals surface area contributed by atoms with E-state index in [-0.39, 0.29) is 11.8 Å². The predicted molar refractivity (Wildman–Crippen MR) is 110 cm³/mol. The van der Waals surface area contributed by atoms with Crippen molar-refractivity contribution in [2.45, 2.75) is 32.7 Å². The van der Waals surface area contributed by atoms with Crippen LogP contribution in [0.1, 0.15) is 30.8 Å². The predicted octanol–water partition coefficient (Wildman–Crippen LogP) is 3.13. The Morgan fingerprint density at radius 3 is 3.07 bits per heavy atom. The van der Waals surface area contributed by atoms with Gasteiger partial charge in [0, 0.05) is 44.5 Å². The largest absolute Gasteiger partial charge is 0.497 e. The minimum absolute atomic E-state index is 0.133. The van der Waals surface area contributed by atoms with Crippen LogP contribution < -0.4 is 9.64 Å². The second kappa shape index (κ2) is 8.14. The maximum atomic E-state index is 12.7. The molecule has 1 atom stereocenters. The topological polar surface area (TPSA) is 87.5 Å². The lowest BCUT2D eigenvalue weighted by Crippen LogP contribution is -2.38. The number of methoxy groups -OCH3 is 1. The summed E-state index contributed by atoms with van der Waals surface area (Å²) in [5, 5.41) is 0. The molecule has 1 N–H and O–H groups in total. The van der Waals surface area contributed by atoms with Gasteiger partial charge in [-0.2, -0.15) is 4.98 Å². The Labute approximate surface area is 169 Å². The summed E-state index contributed by atoms with van der Waals surface area (Å²) < 4.78 is 11.2. The van der Waals surface area contributed by atoms with Crippen molar-refractivity contribution in [1.82, 2.24) is 19.9 Å². The van der Waals surface area contributed by atoms with E-state index in [1.54, 1.807) is 18.2 Å². The van der Waals surface area contributed by atoms with E-state index in [9.17, 15) is 4.79 Å². The van der Waals surface area contributed by atoms with Gasteiger partial charge in [0.2, 0.25) is 5.91 Å². The summed E-state index contributed by atoms with van der Waals surface area (Å²) in [7, 11) is 3.47. The Kier molecular flexibility index (Phi) is 5.42. The number of nitrogens with zero attached hydrogens (tertiary/aromatic N) is 4. The zero-order valence-electron chi connectivity index (χ0n) is 17.1. The van der Waals surface area contributed by atoms with Gasteiger partial charge in [0.15, 0.2) is 5.58 Å². The molecule has 8 heteroatoms. The Balaban J connectivity index is 1.38. The highest BCUT2D eigenvalue weighted by Crippen LogP contribution is 2.29. The van der Waals surface area contributed by atoms with Crippen LogP contribution in [0.2, 0.25) is 0 Å². The zero-order chi connectivity index (χ0) is 20.4. The fourth-order valence-corrected chi connectivity index (χ4v) is 3.83. The van der Waals surface area contributed by atoms with Crippen LogP contribution >= 0.6 is 0 Å². The summed E-state index contributed by atoms with van der Waals surface area (Å²) in [5.74, 6) is 1.98. The summed E-state index contributed by atoms with van der Waals surface area (Å²) >= 11 is 0. The number of benzene rings is 1. The number of nitrogens with one attached hydrogen (secondary N) is 1. The minimum atomic E-state index is 0.133. The Morgan fingerprint density at radius 2 is 2.31 bits per heavy atom. The third-order valence-corrected chi connectivity index (χ3v) is 5.40. The fourth-order valence-electron chi connectivity index (χ4n) is 3.83. The summed E-state index contributed by atoms with van der Waals surface area (Å²) in [6.07, 6.45) is 4.34. The van der Waals surface area contributed by atoms with Gasteiger partial charge in [-0.15, -0.1) is 0 Å². The highest BCUT2D eigenvalue weighted by atomic mass is 16.5. The Hall–Kier alpha value is -3.03. The van der Waals surface area contributed by atoms with Crippen molar-refractivity contribution in [3.63, 3.8) is 0 Å². The molecule has 1 amide bonds. The number of piperidine rings is 1. The van der Waals surface area contributed by atoms with Gasteiger partial charge in [-0.25, -0.2) is 4.98 Å². The molecule has 1 saturated heterocycles. The standard InChI is InChI=1S/C21H27N5O3/c1-14-11-22-19(23-14)13-25(2)20(27)9-15-5-4-8-26(12-15)21-24-17-10-16(28-3)6-7-18(17)29-21/h6-7,10-11,15H,4-5,8-9,12-13H2,1-3H3,(H,22,23). The average Bonchev–Trinajstić information content (AvgIpc) is 3.33. The van der Waals surface area contributed by atoms with Crippen LogP contribution in [0, 0.1) is 12.8 Å². The number of hydrogen-bond acceptors (Lipinski definition) is 6. The highest BCUT2D eigenvalue weighted by Gasteiger charge is 2.26. The van der Waals surface area contributed by atoms with Gasteiger partial charge >= 0.3 is 0 Å². The molecule has 1 aliphatic rings. The number of carbonyl (C=O) groups excluding carboxylic acids is 1. The van der Waals surface area contributed by atoms with Crippen LogP contribution in [0.4, 0.5) is 6.01 Å². The molecule has 1 aliphatic heterocycles. The molecule has 3 aromatic rings. The number of carbonyl (C=O) groups is 1. The lowest BCUT2D eigenvalue weighted by molar-refractivity contribution is -0.131. The molecule has 29 heavy (non-hydrogen) atoms. The van der Waals surface area contributed by atoms with Crippen molar-refractivity contribution in [3.05, 3.63) is 35.9 Å². The number of anilines is 1. The van der Waals surface area contributed by atoms with Crippen LogP contribution in [0.25, 0.3) is 11.1 Å². The maximum Gasteiger partial charge on any atom is 0.298 e. The molecule has 0 spiro atoms. The van der Waals surface area contributed by atoms with E-state index in [1.807, 2.05) is 32.2 Å². The molecule has 8 nitrogen and oxygen atoms in total. The first-order valence-electron chi connectivity index (χ1n) is 9.96. The molecule has 0 bridgehead atoms. The average molecular weight is 397 g/mol. The first-order valence-corrected chi connectivity index (χ1v) is 9.96. The number of aryl methyl sites for hydroxylation is 1. The van der Waals surface area contributed by atoms with Crippen LogP contribution in [0.3, 0.4) is 0 Å². The molecule has 3 heterocycles. The summed E-state index contributed by atoms with van der Waals surface area (Å²) in [6.45, 7) is 4.10. The van der Waals surface area contributed by atoms with E-state index in [0.29, 0.717) is 19.0 Å². The second-order valence-corrected chi connectivity index (χ2v) is 7.75. The second-order valence-electron chi connectivity index (χ2n) is 7.75. The number of H-pyrrole nitrogens is 1. The Morgan fingerprint density at radius 1 is 1.45 bits per heavy atom. The van der Waals surface area contributed by atoms with Crippen molar-refractivity contribution >= 4 is 23.0 Å². The van der Waals surface area contributed by atoms with Gasteiger partial charge in [0.05, 0.1) is 13.7 Å². The smallest absolute Gasteiger partial charge is 0.298 e. The first kappa shape index (κ1) is 19.3. The molecule has 0 saturated carbocycles. The number of rotatable bonds is 6. The van der Waals surface area contributed by atoms with Gasteiger partial charge in [0.1, 0.15) is 17.1 Å². The van der Waals surface area contributed by atoms with E-state index in [2.05, 4.69) is 19.9 Å². The van der Waals surface area contributed by atoms with Crippen molar-refractivity contribution in [2.75, 3.05) is 32.1 Å². The summed E-state index contributed by atoms with van der Waals surface area (Å²) in [5.41, 5.74) is 2.53. The number of amides is 1. The van der Waals surface area contributed by atoms with Gasteiger partial charge < -0.3 is 23.9 Å². The number of hydrogen-bond donors (Lipinski definition) is 1. The van der Waals surface area contributed by atoms with E-state index in [0.717, 1.165) is 54.3 Å². The molecular formula is C21H27N5O3. The first-order chi connectivity index (χ1) is 14.0. The monoisotopic (exact) mass is 397 g/mol. The lowest BCUT2D eigenvalue weighted by atomic mass is 9.94. The molecule has 4 rings (SSSR count). The van der Waals surface area contributed by atoms with Gasteiger partial charge in [-0.1, -0.05) is 0 Å². The SMILES string of the molecule is COc1ccc2oc(N3CCCC(CC(=O)N(C)Cc4ncc(C)[nH]4)C3)nc2c1. The maximum absolute atomic E-state index is 12.7. The number of aromatic amines is 1. The molecule has 2 aromatic heterocycles. The van der Waals surface area contributed by atoms with E-state index in [1.165, 1.54) is 0 Å². The van der Waals surface area contributed by atoms with Crippen LogP contribution in [0.15, 0.2) is 28.8 Å². The number of fused-ring (bicyclic) bond motifs is 1. The third-order valence-electron chi connectivity index (χ3n) is 5.40. The Bertz CT molecular complexity index is 995. The van der Waals surface area contributed by atoms with Gasteiger partial charge in [0.25, 0.3) is 6.01 Å². The summed E-state index contributed by atoms with van der Waals surface area (Å²) in [4.78, 5) is 28.6. The molecule has 0 aliphatic carbocycles. The highest BCUT2D eigenvalue weighted by molar-refractivity contribution is 5.77. The van der Waals surface area contributed by atoms with Crippen molar-refractivity contribution in [1.29, 1.82) is 0 Å². The van der Waals surface area contributed by atoms with Crippen LogP contribution in [0.5, 0.6) is 5.75 Å². The third kappa shape index (κ3) is 4.36. The van der Waals surface area contributed by atoms with Crippen molar-refractivity contribution < 1.29 is 13.9 Å². The number of aromatic nitrogens is 3. The van der Waals surface area contributed by atoms with E-state index < -0.39 is 0 Å². The summed E-state index contributed by atoms with van der Waals surface area (Å²) in [6, 6.07) is 6.23. The molecular weight excluding hydrogens is 370 g/mol. The molecule has 1 aromatic carbocycles. The molecule has 154 valence electrons. The quantitative estimate of drug-likeness (QED) is 0.688. The number of imidazole rings is 1.